The fourth-order valence-electron chi connectivity index (χ4n) is 3.03. The van der Waals surface area contributed by atoms with E-state index in [0.717, 1.165) is 0 Å². The van der Waals surface area contributed by atoms with Gasteiger partial charge in [-0.25, -0.2) is 13.4 Å². The Hall–Kier alpha value is -2.37. The van der Waals surface area contributed by atoms with E-state index in [1.165, 1.54) is 35.9 Å². The number of hydrogen-bond acceptors (Lipinski definition) is 4. The van der Waals surface area contributed by atoms with Crippen LogP contribution < -0.4 is 10.0 Å². The van der Waals surface area contributed by atoms with Crippen LogP contribution in [0.2, 0.25) is 5.15 Å². The summed E-state index contributed by atoms with van der Waals surface area (Å²) < 4.78 is 67.0. The molecule has 1 aliphatic rings. The van der Waals surface area contributed by atoms with E-state index in [1.807, 2.05) is 0 Å². The lowest BCUT2D eigenvalue weighted by Gasteiger charge is -2.17. The Morgan fingerprint density at radius 3 is 2.69 bits per heavy atom. The Bertz CT molecular complexity index is 1110. The Labute approximate surface area is 169 Å². The molecule has 1 amide bonds. The fraction of sp³-hybridized carbons (Fsp3) is 0.294. The summed E-state index contributed by atoms with van der Waals surface area (Å²) in [6, 6.07) is 0.615. The van der Waals surface area contributed by atoms with Crippen molar-refractivity contribution in [3.05, 3.63) is 46.5 Å². The molecule has 29 heavy (non-hydrogen) atoms. The van der Waals surface area contributed by atoms with Gasteiger partial charge in [0.1, 0.15) is 21.8 Å². The average molecular weight is 449 g/mol. The van der Waals surface area contributed by atoms with Crippen molar-refractivity contribution in [2.45, 2.75) is 37.5 Å². The topological polar surface area (TPSA) is 93.1 Å². The number of sulfonamides is 1. The minimum atomic E-state index is -4.75. The molecule has 0 spiro atoms. The zero-order valence-electron chi connectivity index (χ0n) is 15.2. The van der Waals surface area contributed by atoms with Gasteiger partial charge in [0.2, 0.25) is 10.0 Å². The molecule has 12 heteroatoms. The first-order valence-corrected chi connectivity index (χ1v) is 10.2. The monoisotopic (exact) mass is 448 g/mol. The predicted molar refractivity (Wildman–Crippen MR) is 101 cm³/mol. The van der Waals surface area contributed by atoms with E-state index in [0.29, 0.717) is 12.6 Å². The van der Waals surface area contributed by atoms with Crippen LogP contribution in [-0.2, 0) is 16.6 Å². The van der Waals surface area contributed by atoms with Crippen molar-refractivity contribution in [3.8, 4) is 0 Å². The number of amides is 1. The molecule has 7 nitrogen and oxygen atoms in total. The number of hydrogen-bond donors (Lipinski definition) is 2. The third-order valence-electron chi connectivity index (χ3n) is 4.34. The highest BCUT2D eigenvalue weighted by atomic mass is 35.5. The fourth-order valence-corrected chi connectivity index (χ4v) is 4.88. The molecule has 1 atom stereocenters. The van der Waals surface area contributed by atoms with E-state index in [1.54, 1.807) is 10.8 Å². The van der Waals surface area contributed by atoms with Crippen LogP contribution in [0.15, 0.2) is 29.3 Å². The van der Waals surface area contributed by atoms with Crippen LogP contribution in [0.5, 0.6) is 0 Å². The summed E-state index contributed by atoms with van der Waals surface area (Å²) >= 11 is 5.79. The zero-order valence-corrected chi connectivity index (χ0v) is 16.8. The number of carbonyl (C=O) groups is 1. The first kappa shape index (κ1) is 21.3. The molecule has 0 saturated carbocycles. The summed E-state index contributed by atoms with van der Waals surface area (Å²) in [5, 5.41) is 2.74. The molecule has 0 bridgehead atoms. The highest BCUT2D eigenvalue weighted by Crippen LogP contribution is 2.33. The number of alkyl halides is 3. The first-order chi connectivity index (χ1) is 13.4. The predicted octanol–water partition coefficient (Wildman–Crippen LogP) is 3.35. The van der Waals surface area contributed by atoms with Crippen molar-refractivity contribution >= 4 is 39.3 Å². The number of nitrogens with one attached hydrogen (secondary N) is 2. The van der Waals surface area contributed by atoms with Crippen LogP contribution in [0.1, 0.15) is 28.7 Å². The first-order valence-electron chi connectivity index (χ1n) is 8.33. The lowest BCUT2D eigenvalue weighted by atomic mass is 10.2. The lowest BCUT2D eigenvalue weighted by Crippen LogP contribution is -2.43. The standard InChI is InChI=1S/C17H16ClF3N4O3S/c1-9-14(16(26)23-11-5-6-22-13(18)8-11)25-7-3-4-12(25)15(9)29(27,28)24-10(2)17(19,20)21/h3-6,8,10,24H,7H2,1-2H3,(H,22,23,26). The van der Waals surface area contributed by atoms with Gasteiger partial charge in [-0.2, -0.15) is 17.9 Å². The molecule has 0 aliphatic carbocycles. The van der Waals surface area contributed by atoms with Gasteiger partial charge in [0.15, 0.2) is 0 Å². The van der Waals surface area contributed by atoms with E-state index in [-0.39, 0.29) is 33.5 Å². The number of pyridine rings is 1. The second-order valence-corrected chi connectivity index (χ2v) is 8.44. The molecule has 156 valence electrons. The number of aromatic nitrogens is 2. The number of fused-ring (bicyclic) bond motifs is 1. The van der Waals surface area contributed by atoms with Crippen molar-refractivity contribution in [3.63, 3.8) is 0 Å². The maximum Gasteiger partial charge on any atom is 0.404 e. The number of rotatable bonds is 5. The van der Waals surface area contributed by atoms with E-state index < -0.39 is 28.1 Å². The molecule has 0 aromatic carbocycles. The number of allylic oxidation sites excluding steroid dienone is 1. The molecule has 1 unspecified atom stereocenters. The molecular formula is C17H16ClF3N4O3S. The summed E-state index contributed by atoms with van der Waals surface area (Å²) in [5.41, 5.74) is 0.549. The van der Waals surface area contributed by atoms with Gasteiger partial charge in [0.05, 0.1) is 5.69 Å². The van der Waals surface area contributed by atoms with Crippen molar-refractivity contribution in [1.29, 1.82) is 0 Å². The normalized spacial score (nSPS) is 14.7. The van der Waals surface area contributed by atoms with E-state index in [4.69, 9.17) is 11.6 Å². The average Bonchev–Trinajstić information content (AvgIpc) is 3.12. The summed E-state index contributed by atoms with van der Waals surface area (Å²) in [7, 11) is -4.54. The second-order valence-electron chi connectivity index (χ2n) is 6.41. The third-order valence-corrected chi connectivity index (χ3v) is 6.27. The lowest BCUT2D eigenvalue weighted by molar-refractivity contribution is -0.147. The molecule has 2 N–H and O–H groups in total. The zero-order chi connectivity index (χ0) is 21.6. The summed E-state index contributed by atoms with van der Waals surface area (Å²) in [4.78, 5) is 16.2. The molecule has 2 aromatic heterocycles. The van der Waals surface area contributed by atoms with Gasteiger partial charge in [-0.3, -0.25) is 4.79 Å². The summed E-state index contributed by atoms with van der Waals surface area (Å²) in [6.07, 6.45) is -0.297. The number of nitrogens with zero attached hydrogens (tertiary/aromatic N) is 2. The highest BCUT2D eigenvalue weighted by Gasteiger charge is 2.41. The quantitative estimate of drug-likeness (QED) is 0.686. The van der Waals surface area contributed by atoms with Crippen LogP contribution >= 0.6 is 11.6 Å². The van der Waals surface area contributed by atoms with Gasteiger partial charge in [-0.05, 0) is 32.1 Å². The number of halogens is 4. The van der Waals surface area contributed by atoms with Crippen LogP contribution in [0.4, 0.5) is 18.9 Å². The van der Waals surface area contributed by atoms with E-state index in [9.17, 15) is 26.4 Å². The Balaban J connectivity index is 2.01. The molecule has 0 radical (unpaired) electrons. The van der Waals surface area contributed by atoms with Crippen molar-refractivity contribution in [2.75, 3.05) is 5.32 Å². The van der Waals surface area contributed by atoms with E-state index in [2.05, 4.69) is 10.3 Å². The van der Waals surface area contributed by atoms with E-state index >= 15 is 0 Å². The maximum absolute atomic E-state index is 12.9. The van der Waals surface area contributed by atoms with Crippen LogP contribution in [0.25, 0.3) is 6.08 Å². The molecular weight excluding hydrogens is 433 g/mol. The minimum Gasteiger partial charge on any atom is -0.332 e. The maximum atomic E-state index is 12.9. The van der Waals surface area contributed by atoms with Gasteiger partial charge in [0, 0.05) is 24.0 Å². The highest BCUT2D eigenvalue weighted by molar-refractivity contribution is 7.89. The Morgan fingerprint density at radius 2 is 2.07 bits per heavy atom. The van der Waals surface area contributed by atoms with Gasteiger partial charge in [-0.1, -0.05) is 17.7 Å². The van der Waals surface area contributed by atoms with Crippen molar-refractivity contribution in [1.82, 2.24) is 14.3 Å². The van der Waals surface area contributed by atoms with Crippen LogP contribution in [-0.4, -0.2) is 36.1 Å². The van der Waals surface area contributed by atoms with Crippen molar-refractivity contribution < 1.29 is 26.4 Å². The van der Waals surface area contributed by atoms with Gasteiger partial charge in [-0.15, -0.1) is 0 Å². The number of carbonyl (C=O) groups excluding carboxylic acids is 1. The Kier molecular flexibility index (Phi) is 5.50. The molecule has 3 heterocycles. The molecule has 2 aromatic rings. The van der Waals surface area contributed by atoms with Gasteiger partial charge < -0.3 is 9.88 Å². The minimum absolute atomic E-state index is 0.0259. The smallest absolute Gasteiger partial charge is 0.332 e. The molecule has 1 aliphatic heterocycles. The van der Waals surface area contributed by atoms with Crippen LogP contribution in [0, 0.1) is 6.92 Å². The van der Waals surface area contributed by atoms with Crippen LogP contribution in [0.3, 0.4) is 0 Å². The summed E-state index contributed by atoms with van der Waals surface area (Å²) in [6.45, 7) is 2.29. The summed E-state index contributed by atoms with van der Waals surface area (Å²) in [5.74, 6) is -0.625. The van der Waals surface area contributed by atoms with Gasteiger partial charge >= 0.3 is 6.18 Å². The van der Waals surface area contributed by atoms with Crippen molar-refractivity contribution in [2.24, 2.45) is 0 Å². The largest absolute Gasteiger partial charge is 0.404 e. The number of anilines is 1. The van der Waals surface area contributed by atoms with Gasteiger partial charge in [0.25, 0.3) is 5.91 Å². The SMILES string of the molecule is Cc1c(S(=O)(=O)NC(C)C(F)(F)F)c2n(c1C(=O)Nc1ccnc(Cl)c1)CC=C2. The molecule has 3 rings (SSSR count). The molecule has 0 fully saturated rings. The molecule has 0 saturated heterocycles. The Morgan fingerprint density at radius 1 is 1.38 bits per heavy atom. The second kappa shape index (κ2) is 7.47. The third kappa shape index (κ3) is 4.16.